The lowest BCUT2D eigenvalue weighted by molar-refractivity contribution is -0.138. The van der Waals surface area contributed by atoms with Gasteiger partial charge in [-0.1, -0.05) is 30.3 Å². The molecule has 2 aliphatic rings. The molecule has 1 aromatic rings. The standard InChI is InChI=1S/C15H20N2O2/c16-13-11-7-4-8-19-15(11)14(13)17-12(18)9-10-5-2-1-3-6-10/h1-3,5-6,11,13-15H,4,7-9,16H2,(H,17,18). The molecule has 4 heteroatoms. The Balaban J connectivity index is 1.55. The summed E-state index contributed by atoms with van der Waals surface area (Å²) in [6.07, 6.45) is 2.74. The lowest BCUT2D eigenvalue weighted by Gasteiger charge is -2.52. The lowest BCUT2D eigenvalue weighted by Crippen LogP contribution is -2.72. The Labute approximate surface area is 113 Å². The number of fused-ring (bicyclic) bond motifs is 1. The summed E-state index contributed by atoms with van der Waals surface area (Å²) >= 11 is 0. The van der Waals surface area contributed by atoms with E-state index in [4.69, 9.17) is 10.5 Å². The fourth-order valence-corrected chi connectivity index (χ4v) is 3.14. The van der Waals surface area contributed by atoms with E-state index in [1.807, 2.05) is 30.3 Å². The van der Waals surface area contributed by atoms with Gasteiger partial charge in [0.2, 0.25) is 5.91 Å². The Bertz CT molecular complexity index is 449. The van der Waals surface area contributed by atoms with Gasteiger partial charge >= 0.3 is 0 Å². The minimum Gasteiger partial charge on any atom is -0.376 e. The van der Waals surface area contributed by atoms with E-state index in [9.17, 15) is 4.79 Å². The van der Waals surface area contributed by atoms with E-state index < -0.39 is 0 Å². The molecule has 3 N–H and O–H groups in total. The van der Waals surface area contributed by atoms with Crippen molar-refractivity contribution in [3.63, 3.8) is 0 Å². The molecule has 102 valence electrons. The molecule has 1 amide bonds. The molecule has 2 fully saturated rings. The summed E-state index contributed by atoms with van der Waals surface area (Å²) in [5, 5.41) is 3.02. The largest absolute Gasteiger partial charge is 0.376 e. The molecule has 1 aliphatic carbocycles. The molecule has 1 heterocycles. The summed E-state index contributed by atoms with van der Waals surface area (Å²) in [5.74, 6) is 0.454. The molecule has 19 heavy (non-hydrogen) atoms. The van der Waals surface area contributed by atoms with Crippen LogP contribution in [0.25, 0.3) is 0 Å². The van der Waals surface area contributed by atoms with Gasteiger partial charge in [-0.25, -0.2) is 0 Å². The van der Waals surface area contributed by atoms with Crippen LogP contribution in [-0.4, -0.2) is 30.7 Å². The van der Waals surface area contributed by atoms with Crippen LogP contribution in [0.15, 0.2) is 30.3 Å². The first-order chi connectivity index (χ1) is 9.25. The molecule has 0 bridgehead atoms. The van der Waals surface area contributed by atoms with Crippen molar-refractivity contribution in [1.29, 1.82) is 0 Å². The predicted molar refractivity (Wildman–Crippen MR) is 72.5 cm³/mol. The van der Waals surface area contributed by atoms with Crippen molar-refractivity contribution in [2.45, 2.75) is 37.5 Å². The highest BCUT2D eigenvalue weighted by atomic mass is 16.5. The van der Waals surface area contributed by atoms with E-state index >= 15 is 0 Å². The zero-order valence-corrected chi connectivity index (χ0v) is 10.9. The van der Waals surface area contributed by atoms with Crippen molar-refractivity contribution >= 4 is 5.91 Å². The summed E-state index contributed by atoms with van der Waals surface area (Å²) in [6, 6.07) is 9.78. The summed E-state index contributed by atoms with van der Waals surface area (Å²) < 4.78 is 5.72. The van der Waals surface area contributed by atoms with Gasteiger partial charge in [0, 0.05) is 18.6 Å². The fraction of sp³-hybridized carbons (Fsp3) is 0.533. The predicted octanol–water partition coefficient (Wildman–Crippen LogP) is 0.850. The summed E-state index contributed by atoms with van der Waals surface area (Å²) in [5.41, 5.74) is 7.15. The third-order valence-electron chi connectivity index (χ3n) is 4.21. The number of nitrogens with one attached hydrogen (secondary N) is 1. The van der Waals surface area contributed by atoms with Crippen LogP contribution in [0.4, 0.5) is 0 Å². The molecular weight excluding hydrogens is 240 g/mol. The van der Waals surface area contributed by atoms with Gasteiger partial charge in [0.15, 0.2) is 0 Å². The highest BCUT2D eigenvalue weighted by molar-refractivity contribution is 5.79. The number of rotatable bonds is 3. The number of nitrogens with two attached hydrogens (primary N) is 1. The van der Waals surface area contributed by atoms with Crippen molar-refractivity contribution < 1.29 is 9.53 Å². The minimum absolute atomic E-state index is 0.0125. The molecule has 0 aromatic heterocycles. The quantitative estimate of drug-likeness (QED) is 0.847. The van der Waals surface area contributed by atoms with Crippen molar-refractivity contribution in [2.75, 3.05) is 6.61 Å². The van der Waals surface area contributed by atoms with E-state index in [2.05, 4.69) is 5.32 Å². The van der Waals surface area contributed by atoms with E-state index in [1.165, 1.54) is 0 Å². The summed E-state index contributed by atoms with van der Waals surface area (Å²) in [6.45, 7) is 0.791. The van der Waals surface area contributed by atoms with Gasteiger partial charge in [-0.05, 0) is 18.4 Å². The van der Waals surface area contributed by atoms with Crippen LogP contribution >= 0.6 is 0 Å². The van der Waals surface area contributed by atoms with Gasteiger partial charge in [0.25, 0.3) is 0 Å². The number of hydrogen-bond acceptors (Lipinski definition) is 3. The van der Waals surface area contributed by atoms with Gasteiger partial charge in [-0.15, -0.1) is 0 Å². The number of benzene rings is 1. The molecule has 4 unspecified atom stereocenters. The molecule has 3 rings (SSSR count). The maximum absolute atomic E-state index is 12.0. The van der Waals surface area contributed by atoms with E-state index in [0.29, 0.717) is 12.3 Å². The van der Waals surface area contributed by atoms with Crippen molar-refractivity contribution in [3.05, 3.63) is 35.9 Å². The second-order valence-electron chi connectivity index (χ2n) is 5.47. The Morgan fingerprint density at radius 2 is 2.16 bits per heavy atom. The topological polar surface area (TPSA) is 64.3 Å². The monoisotopic (exact) mass is 260 g/mol. The molecule has 0 radical (unpaired) electrons. The summed E-state index contributed by atoms with van der Waals surface area (Å²) in [4.78, 5) is 12.0. The SMILES string of the molecule is NC1C2CCCOC2C1NC(=O)Cc1ccccc1. The van der Waals surface area contributed by atoms with Crippen LogP contribution in [-0.2, 0) is 16.0 Å². The molecule has 0 spiro atoms. The van der Waals surface area contributed by atoms with Gasteiger partial charge < -0.3 is 15.8 Å². The van der Waals surface area contributed by atoms with Gasteiger partial charge in [-0.3, -0.25) is 4.79 Å². The Kier molecular flexibility index (Phi) is 3.53. The second kappa shape index (κ2) is 5.31. The minimum atomic E-state index is -0.0125. The zero-order chi connectivity index (χ0) is 13.2. The third kappa shape index (κ3) is 2.51. The zero-order valence-electron chi connectivity index (χ0n) is 10.9. The molecule has 1 saturated heterocycles. The van der Waals surface area contributed by atoms with E-state index in [0.717, 1.165) is 25.0 Å². The fourth-order valence-electron chi connectivity index (χ4n) is 3.14. The normalized spacial score (nSPS) is 33.1. The van der Waals surface area contributed by atoms with E-state index in [1.54, 1.807) is 0 Å². The highest BCUT2D eigenvalue weighted by Gasteiger charge is 2.50. The Morgan fingerprint density at radius 1 is 1.37 bits per heavy atom. The third-order valence-corrected chi connectivity index (χ3v) is 4.21. The summed E-state index contributed by atoms with van der Waals surface area (Å²) in [7, 11) is 0. The molecule has 4 nitrogen and oxygen atoms in total. The number of carbonyl (C=O) groups is 1. The van der Waals surface area contributed by atoms with Crippen LogP contribution in [0.3, 0.4) is 0 Å². The average Bonchev–Trinajstić information content (AvgIpc) is 2.45. The van der Waals surface area contributed by atoms with Crippen LogP contribution < -0.4 is 11.1 Å². The van der Waals surface area contributed by atoms with Crippen molar-refractivity contribution in [1.82, 2.24) is 5.32 Å². The first-order valence-corrected chi connectivity index (χ1v) is 6.96. The first-order valence-electron chi connectivity index (χ1n) is 6.96. The smallest absolute Gasteiger partial charge is 0.224 e. The van der Waals surface area contributed by atoms with Crippen molar-refractivity contribution in [2.24, 2.45) is 11.7 Å². The number of amides is 1. The number of hydrogen-bond donors (Lipinski definition) is 2. The van der Waals surface area contributed by atoms with Gasteiger partial charge in [-0.2, -0.15) is 0 Å². The van der Waals surface area contributed by atoms with Gasteiger partial charge in [0.05, 0.1) is 18.6 Å². The lowest BCUT2D eigenvalue weighted by atomic mass is 9.68. The maximum atomic E-state index is 12.0. The number of carbonyl (C=O) groups excluding carboxylic acids is 1. The highest BCUT2D eigenvalue weighted by Crippen LogP contribution is 2.36. The van der Waals surface area contributed by atoms with Crippen molar-refractivity contribution in [3.8, 4) is 0 Å². The number of ether oxygens (including phenoxy) is 1. The van der Waals surface area contributed by atoms with Crippen LogP contribution in [0.1, 0.15) is 18.4 Å². The van der Waals surface area contributed by atoms with Gasteiger partial charge in [0.1, 0.15) is 0 Å². The molecule has 1 saturated carbocycles. The molecule has 4 atom stereocenters. The molecular formula is C15H20N2O2. The van der Waals surface area contributed by atoms with Crippen LogP contribution in [0.2, 0.25) is 0 Å². The average molecular weight is 260 g/mol. The molecule has 1 aliphatic heterocycles. The molecule has 1 aromatic carbocycles. The van der Waals surface area contributed by atoms with Crippen LogP contribution in [0, 0.1) is 5.92 Å². The first kappa shape index (κ1) is 12.6. The Morgan fingerprint density at radius 3 is 2.95 bits per heavy atom. The second-order valence-corrected chi connectivity index (χ2v) is 5.47. The Hall–Kier alpha value is -1.39. The van der Waals surface area contributed by atoms with E-state index in [-0.39, 0.29) is 24.1 Å². The maximum Gasteiger partial charge on any atom is 0.224 e. The van der Waals surface area contributed by atoms with Crippen LogP contribution in [0.5, 0.6) is 0 Å².